The summed E-state index contributed by atoms with van der Waals surface area (Å²) in [6.45, 7) is 8.40. The Balaban J connectivity index is 0.000000106. The van der Waals surface area contributed by atoms with Crippen molar-refractivity contribution < 1.29 is 22.6 Å². The van der Waals surface area contributed by atoms with Crippen LogP contribution in [-0.2, 0) is 9.31 Å². The zero-order valence-corrected chi connectivity index (χ0v) is 80.5. The Hall–Kier alpha value is -16.4. The van der Waals surface area contributed by atoms with E-state index in [0.29, 0.717) is 27.2 Å². The predicted octanol–water partition coefficient (Wildman–Crippen LogP) is 35.3. The molecule has 27 aromatic rings. The molecule has 28 rings (SSSR count). The summed E-state index contributed by atoms with van der Waals surface area (Å²) >= 11 is 15.9. The minimum absolute atomic E-state index is 0.366. The van der Waals surface area contributed by atoms with Crippen molar-refractivity contribution in [3.05, 3.63) is 441 Å². The molecule has 9 heterocycles. The van der Waals surface area contributed by atoms with Gasteiger partial charge in [0.2, 0.25) is 17.1 Å². The van der Waals surface area contributed by atoms with E-state index in [4.69, 9.17) is 55.7 Å². The van der Waals surface area contributed by atoms with Crippen LogP contribution in [0.3, 0.4) is 0 Å². The number of thiophene rings is 2. The van der Waals surface area contributed by atoms with Crippen molar-refractivity contribution in [2.75, 3.05) is 0 Å². The van der Waals surface area contributed by atoms with Crippen LogP contribution in [0.4, 0.5) is 0 Å². The van der Waals surface area contributed by atoms with Gasteiger partial charge >= 0.3 is 7.12 Å². The van der Waals surface area contributed by atoms with Gasteiger partial charge < -0.3 is 22.6 Å². The van der Waals surface area contributed by atoms with Crippen molar-refractivity contribution in [1.29, 1.82) is 0 Å². The largest absolute Gasteiger partial charge is 0.494 e. The Kier molecular flexibility index (Phi) is 22.2. The summed E-state index contributed by atoms with van der Waals surface area (Å²) in [6.07, 6.45) is 5.40. The van der Waals surface area contributed by atoms with Crippen molar-refractivity contribution in [2.45, 2.75) is 38.9 Å². The molecule has 0 N–H and O–H groups in total. The smallest absolute Gasteiger partial charge is 0.436 e. The van der Waals surface area contributed by atoms with Gasteiger partial charge in [-0.25, -0.2) is 29.9 Å². The summed E-state index contributed by atoms with van der Waals surface area (Å²) in [5.41, 5.74) is 28.9. The van der Waals surface area contributed by atoms with E-state index in [2.05, 4.69) is 369 Å². The predicted molar refractivity (Wildman–Crippen MR) is 593 cm³/mol. The maximum Gasteiger partial charge on any atom is 0.494 e. The van der Waals surface area contributed by atoms with Gasteiger partial charge in [0.1, 0.15) is 33.3 Å². The Morgan fingerprint density at radius 3 is 0.901 bits per heavy atom. The minimum Gasteiger partial charge on any atom is -0.436 e. The van der Waals surface area contributed by atoms with Crippen LogP contribution in [0.5, 0.6) is 0 Å². The van der Waals surface area contributed by atoms with E-state index in [1.807, 2.05) is 120 Å². The van der Waals surface area contributed by atoms with Gasteiger partial charge in [-0.1, -0.05) is 381 Å². The van der Waals surface area contributed by atoms with Crippen molar-refractivity contribution in [3.8, 4) is 112 Å². The molecule has 0 spiro atoms. The number of rotatable bonds is 11. The standard InChI is InChI=1S/C50H30N2OS.C36H31BO2S.2C20H11ClN2O/c1-2-10-31(11-3-1)32-22-24-34(25-23-32)40-18-8-20-42-43-21-9-19-41(49(43)54-48(40)42)37-15-6-13-35(28-37)36-14-7-16-38(29-36)44-30-51-47-46-39-17-5-4-12-33(39)26-27-45(46)53-50(47)52-44;1-35(2)36(3,4)39-37(38-35)28-14-8-13-27(23-28)30-16-10-18-32-31-17-9-15-29(33(31)40-34(30)32)26-21-19-25(20-22-26)24-11-6-5-7-12-24;2*21-14-6-3-5-13(10-14)16-11-22-19-18-15-7-2-1-4-12(15)8-9-17(18)24-20(19)23-16/h1-30H;5-23H,1-4H3;2*1-11H. The molecule has 676 valence electrons. The number of furan rings is 3. The second-order valence-corrected chi connectivity index (χ2v) is 39.6. The fourth-order valence-electron chi connectivity index (χ4n) is 19.7. The molecule has 1 aliphatic heterocycles. The summed E-state index contributed by atoms with van der Waals surface area (Å²) < 4.78 is 36.1. The highest BCUT2D eigenvalue weighted by atomic mass is 35.5. The van der Waals surface area contributed by atoms with Gasteiger partial charge in [0, 0.05) is 67.1 Å². The molecule has 142 heavy (non-hydrogen) atoms. The van der Waals surface area contributed by atoms with E-state index in [9.17, 15) is 0 Å². The summed E-state index contributed by atoms with van der Waals surface area (Å²) in [5, 5.41) is 16.4. The number of fused-ring (bicyclic) bond motifs is 21. The van der Waals surface area contributed by atoms with Gasteiger partial charge in [0.05, 0.1) is 63.0 Å². The monoisotopic (exact) mass is 1900 g/mol. The van der Waals surface area contributed by atoms with Gasteiger partial charge in [-0.2, -0.15) is 0 Å². The summed E-state index contributed by atoms with van der Waals surface area (Å²) in [5.74, 6) is 0. The van der Waals surface area contributed by atoms with E-state index in [0.717, 1.165) is 132 Å². The first kappa shape index (κ1) is 87.1. The average molecular weight is 1910 g/mol. The van der Waals surface area contributed by atoms with Crippen LogP contribution in [0.1, 0.15) is 27.7 Å². The van der Waals surface area contributed by atoms with Crippen molar-refractivity contribution in [3.63, 3.8) is 0 Å². The van der Waals surface area contributed by atoms with Crippen molar-refractivity contribution in [2.24, 2.45) is 0 Å². The molecule has 0 radical (unpaired) electrons. The molecule has 1 saturated heterocycles. The third-order valence-corrected chi connectivity index (χ3v) is 30.6. The van der Waals surface area contributed by atoms with Gasteiger partial charge in [-0.05, 0) is 198 Å². The summed E-state index contributed by atoms with van der Waals surface area (Å²) in [7, 11) is -0.378. The molecule has 0 atom stereocenters. The molecule has 19 aromatic carbocycles. The Bertz CT molecular complexity index is 9430. The molecule has 1 fully saturated rings. The van der Waals surface area contributed by atoms with Crippen LogP contribution >= 0.6 is 45.9 Å². The number of hydrogen-bond donors (Lipinski definition) is 0. The molecule has 11 nitrogen and oxygen atoms in total. The normalized spacial score (nSPS) is 12.9. The second kappa shape index (κ2) is 36.1. The molecule has 0 unspecified atom stereocenters. The lowest BCUT2D eigenvalue weighted by Crippen LogP contribution is -2.41. The Morgan fingerprint density at radius 2 is 0.521 bits per heavy atom. The third-order valence-electron chi connectivity index (χ3n) is 27.5. The van der Waals surface area contributed by atoms with Crippen LogP contribution in [0, 0.1) is 0 Å². The lowest BCUT2D eigenvalue weighted by atomic mass is 9.78. The first-order valence-corrected chi connectivity index (χ1v) is 49.6. The van der Waals surface area contributed by atoms with E-state index in [-0.39, 0.29) is 18.3 Å². The topological polar surface area (TPSA) is 135 Å². The first-order valence-electron chi connectivity index (χ1n) is 47.3. The number of nitrogens with zero attached hydrogens (tertiary/aromatic N) is 6. The van der Waals surface area contributed by atoms with Crippen LogP contribution in [0.15, 0.2) is 444 Å². The Labute approximate surface area is 835 Å². The first-order chi connectivity index (χ1) is 69.6. The molecular weight excluding hydrogens is 1820 g/mol. The molecule has 1 aliphatic rings. The zero-order chi connectivity index (χ0) is 95.3. The highest BCUT2D eigenvalue weighted by molar-refractivity contribution is 7.27. The summed E-state index contributed by atoms with van der Waals surface area (Å²) in [6, 6.07) is 144. The van der Waals surface area contributed by atoms with Gasteiger partial charge in [-0.15, -0.1) is 22.7 Å². The molecule has 16 heteroatoms. The lowest BCUT2D eigenvalue weighted by Gasteiger charge is -2.32. The fraction of sp³-hybridized carbons (Fsp3) is 0.0476. The van der Waals surface area contributed by atoms with Crippen molar-refractivity contribution >= 4 is 198 Å². The molecule has 0 aliphatic carbocycles. The molecule has 8 aromatic heterocycles. The highest BCUT2D eigenvalue weighted by Gasteiger charge is 2.52. The van der Waals surface area contributed by atoms with E-state index in [1.54, 1.807) is 12.4 Å². The van der Waals surface area contributed by atoms with Crippen LogP contribution in [0.25, 0.3) is 251 Å². The molecule has 0 bridgehead atoms. The highest BCUT2D eigenvalue weighted by Crippen LogP contribution is 2.49. The molecule has 0 amide bonds. The third kappa shape index (κ3) is 16.1. The lowest BCUT2D eigenvalue weighted by molar-refractivity contribution is 0.00578. The quantitative estimate of drug-likeness (QED) is 0.115. The van der Waals surface area contributed by atoms with Crippen LogP contribution in [0.2, 0.25) is 10.0 Å². The van der Waals surface area contributed by atoms with E-state index < -0.39 is 0 Å². The number of aromatic nitrogens is 6. The second-order valence-electron chi connectivity index (χ2n) is 36.7. The maximum absolute atomic E-state index is 6.36. The van der Waals surface area contributed by atoms with Crippen LogP contribution in [-0.4, -0.2) is 48.2 Å². The van der Waals surface area contributed by atoms with Gasteiger partial charge in [0.15, 0.2) is 0 Å². The minimum atomic E-state index is -0.378. The van der Waals surface area contributed by atoms with E-state index >= 15 is 0 Å². The molecule has 0 saturated carbocycles. The number of benzene rings is 19. The zero-order valence-electron chi connectivity index (χ0n) is 77.4. The fourth-order valence-corrected chi connectivity index (χ4v) is 22.8. The Morgan fingerprint density at radius 1 is 0.239 bits per heavy atom. The van der Waals surface area contributed by atoms with Gasteiger partial charge in [-0.3, -0.25) is 0 Å². The van der Waals surface area contributed by atoms with Crippen LogP contribution < -0.4 is 5.46 Å². The van der Waals surface area contributed by atoms with E-state index in [1.165, 1.54) is 107 Å². The van der Waals surface area contributed by atoms with Crippen molar-refractivity contribution in [1.82, 2.24) is 29.9 Å². The van der Waals surface area contributed by atoms with Gasteiger partial charge in [0.25, 0.3) is 0 Å². The molecular formula is C126H83BCl2N6O5S2. The summed E-state index contributed by atoms with van der Waals surface area (Å²) in [4.78, 5) is 28.4. The number of halogens is 2. The average Bonchev–Trinajstić information content (AvgIpc) is 1.64. The maximum atomic E-state index is 6.36. The number of hydrogen-bond acceptors (Lipinski definition) is 13. The SMILES string of the molecule is CC1(C)OB(c2cccc(-c3cccc4c3sc3c(-c5ccc(-c6ccccc6)cc5)cccc34)c2)OC1(C)C.Clc1cccc(-c2cnc3c(n2)oc2ccc4ccccc4c23)c1.Clc1cccc(-c2cnc3c(n2)oc2ccc4ccccc4c23)c1.c1ccc(-c2ccc(-c3cccc4c3sc3c(-c5cccc(-c6cccc(-c7cnc8c(n7)oc7ccc9ccccc9c78)c6)c5)cccc34)cc2)cc1.